The number of aromatic nitrogens is 4. The predicted octanol–water partition coefficient (Wildman–Crippen LogP) is 2.23. The monoisotopic (exact) mass is 342 g/mol. The second kappa shape index (κ2) is 5.74. The van der Waals surface area contributed by atoms with Crippen LogP contribution < -0.4 is 10.6 Å². The Bertz CT molecular complexity index is 669. The van der Waals surface area contributed by atoms with Gasteiger partial charge in [-0.1, -0.05) is 22.9 Å². The molecular formula is C11H11ClN6OS2. The molecule has 0 atom stereocenters. The number of rotatable bonds is 4. The number of carbonyl (C=O) groups excluding carboxylic acids is 1. The Kier molecular flexibility index (Phi) is 3.96. The second-order valence-corrected chi connectivity index (χ2v) is 7.07. The topological polar surface area (TPSA) is 97.9 Å². The van der Waals surface area contributed by atoms with Crippen LogP contribution in [0.1, 0.15) is 19.8 Å². The number of hydrogen-bond donors (Lipinski definition) is 1. The Labute approximate surface area is 133 Å². The molecule has 0 radical (unpaired) electrons. The van der Waals surface area contributed by atoms with Crippen LogP contribution in [0.15, 0.2) is 15.4 Å². The average molecular weight is 343 g/mol. The molecule has 21 heavy (non-hydrogen) atoms. The number of hydrogen-bond acceptors (Lipinski definition) is 8. The van der Waals surface area contributed by atoms with E-state index in [1.807, 2.05) is 0 Å². The van der Waals surface area contributed by atoms with Gasteiger partial charge in [-0.3, -0.25) is 9.69 Å². The minimum absolute atomic E-state index is 0.0143. The molecule has 0 unspecified atom stereocenters. The molecule has 2 aromatic heterocycles. The summed E-state index contributed by atoms with van der Waals surface area (Å²) in [7, 11) is 0. The number of halogens is 1. The van der Waals surface area contributed by atoms with Crippen LogP contribution in [0, 0.1) is 0 Å². The van der Waals surface area contributed by atoms with Crippen molar-refractivity contribution >= 4 is 51.7 Å². The van der Waals surface area contributed by atoms with Crippen LogP contribution in [0.3, 0.4) is 0 Å². The fourth-order valence-corrected chi connectivity index (χ4v) is 3.94. The van der Waals surface area contributed by atoms with Crippen molar-refractivity contribution in [1.29, 1.82) is 0 Å². The molecule has 1 amide bonds. The molecule has 1 aliphatic carbocycles. The largest absolute Gasteiger partial charge is 0.368 e. The van der Waals surface area contributed by atoms with Crippen LogP contribution in [0.25, 0.3) is 0 Å². The first-order chi connectivity index (χ1) is 10.0. The zero-order valence-electron chi connectivity index (χ0n) is 11.0. The summed E-state index contributed by atoms with van der Waals surface area (Å²) in [4.78, 5) is 21.3. The van der Waals surface area contributed by atoms with Gasteiger partial charge in [-0.15, -0.1) is 10.2 Å². The lowest BCUT2D eigenvalue weighted by Gasteiger charge is -2.15. The van der Waals surface area contributed by atoms with E-state index in [0.29, 0.717) is 14.5 Å². The zero-order valence-corrected chi connectivity index (χ0v) is 13.4. The van der Waals surface area contributed by atoms with Crippen LogP contribution in [-0.4, -0.2) is 32.1 Å². The van der Waals surface area contributed by atoms with Gasteiger partial charge in [-0.25, -0.2) is 9.97 Å². The lowest BCUT2D eigenvalue weighted by atomic mass is 10.5. The SMILES string of the molecule is CC(=O)N(c1nnc(Sc2cc(Cl)nc(N)n2)s1)C1CC1. The number of anilines is 2. The first-order valence-corrected chi connectivity index (χ1v) is 8.15. The minimum atomic E-state index is -0.0143. The molecule has 1 fully saturated rings. The van der Waals surface area contributed by atoms with Crippen molar-refractivity contribution in [2.75, 3.05) is 10.6 Å². The van der Waals surface area contributed by atoms with Crippen LogP contribution in [0.5, 0.6) is 0 Å². The molecule has 1 saturated carbocycles. The maximum atomic E-state index is 11.7. The summed E-state index contributed by atoms with van der Waals surface area (Å²) in [5.41, 5.74) is 5.55. The molecule has 0 spiro atoms. The van der Waals surface area contributed by atoms with Crippen molar-refractivity contribution in [2.24, 2.45) is 0 Å². The maximum Gasteiger partial charge on any atom is 0.225 e. The number of carbonyl (C=O) groups is 1. The van der Waals surface area contributed by atoms with Gasteiger partial charge >= 0.3 is 0 Å². The Morgan fingerprint density at radius 2 is 2.24 bits per heavy atom. The Morgan fingerprint density at radius 1 is 1.48 bits per heavy atom. The summed E-state index contributed by atoms with van der Waals surface area (Å²) in [5.74, 6) is 0.0950. The van der Waals surface area contributed by atoms with Crippen molar-refractivity contribution in [2.45, 2.75) is 35.2 Å². The van der Waals surface area contributed by atoms with Gasteiger partial charge in [0.25, 0.3) is 0 Å². The van der Waals surface area contributed by atoms with E-state index in [2.05, 4.69) is 20.2 Å². The third-order valence-electron chi connectivity index (χ3n) is 2.73. The summed E-state index contributed by atoms with van der Waals surface area (Å²) in [6.07, 6.45) is 2.03. The molecule has 2 heterocycles. The van der Waals surface area contributed by atoms with Crippen molar-refractivity contribution in [1.82, 2.24) is 20.2 Å². The lowest BCUT2D eigenvalue weighted by molar-refractivity contribution is -0.116. The quantitative estimate of drug-likeness (QED) is 0.672. The van der Waals surface area contributed by atoms with E-state index in [9.17, 15) is 4.79 Å². The molecule has 110 valence electrons. The summed E-state index contributed by atoms with van der Waals surface area (Å²) in [6, 6.07) is 1.87. The van der Waals surface area contributed by atoms with E-state index in [0.717, 1.165) is 12.8 Å². The second-order valence-electron chi connectivity index (χ2n) is 4.46. The molecule has 0 aliphatic heterocycles. The van der Waals surface area contributed by atoms with Gasteiger partial charge in [-0.2, -0.15) is 0 Å². The molecule has 0 saturated heterocycles. The van der Waals surface area contributed by atoms with E-state index in [-0.39, 0.29) is 23.1 Å². The smallest absolute Gasteiger partial charge is 0.225 e. The van der Waals surface area contributed by atoms with Gasteiger partial charge in [-0.05, 0) is 24.6 Å². The normalized spacial score (nSPS) is 14.2. The van der Waals surface area contributed by atoms with E-state index < -0.39 is 0 Å². The third kappa shape index (κ3) is 3.42. The Morgan fingerprint density at radius 3 is 2.86 bits per heavy atom. The fourth-order valence-electron chi connectivity index (χ4n) is 1.78. The predicted molar refractivity (Wildman–Crippen MR) is 81.7 cm³/mol. The lowest BCUT2D eigenvalue weighted by Crippen LogP contribution is -2.30. The Hall–Kier alpha value is -1.45. The van der Waals surface area contributed by atoms with Crippen molar-refractivity contribution in [3.05, 3.63) is 11.2 Å². The molecule has 3 rings (SSSR count). The highest BCUT2D eigenvalue weighted by atomic mass is 35.5. The van der Waals surface area contributed by atoms with Gasteiger partial charge in [0.05, 0.1) is 0 Å². The van der Waals surface area contributed by atoms with Crippen molar-refractivity contribution < 1.29 is 4.79 Å². The number of nitrogens with two attached hydrogens (primary N) is 1. The summed E-state index contributed by atoms with van der Waals surface area (Å²) < 4.78 is 0.672. The van der Waals surface area contributed by atoms with E-state index in [4.69, 9.17) is 17.3 Å². The van der Waals surface area contributed by atoms with Crippen LogP contribution >= 0.6 is 34.7 Å². The molecule has 2 aromatic rings. The number of nitrogens with zero attached hydrogens (tertiary/aromatic N) is 5. The van der Waals surface area contributed by atoms with Crippen LogP contribution in [-0.2, 0) is 4.79 Å². The fraction of sp³-hybridized carbons (Fsp3) is 0.364. The van der Waals surface area contributed by atoms with E-state index in [1.165, 1.54) is 30.0 Å². The standard InChI is InChI=1S/C11H11ClN6OS2/c1-5(19)18(6-2-3-6)10-16-17-11(21-10)20-8-4-7(12)14-9(13)15-8/h4,6H,2-3H2,1H3,(H2,13,14,15). The molecular weight excluding hydrogens is 332 g/mol. The summed E-state index contributed by atoms with van der Waals surface area (Å²) >= 11 is 8.47. The number of amides is 1. The molecule has 0 bridgehead atoms. The van der Waals surface area contributed by atoms with E-state index in [1.54, 1.807) is 11.0 Å². The molecule has 7 nitrogen and oxygen atoms in total. The minimum Gasteiger partial charge on any atom is -0.368 e. The average Bonchev–Trinajstić information content (AvgIpc) is 3.09. The zero-order chi connectivity index (χ0) is 15.0. The third-order valence-corrected chi connectivity index (χ3v) is 4.82. The highest BCUT2D eigenvalue weighted by Crippen LogP contribution is 2.37. The van der Waals surface area contributed by atoms with E-state index >= 15 is 0 Å². The number of nitrogen functional groups attached to an aromatic ring is 1. The first-order valence-electron chi connectivity index (χ1n) is 6.14. The highest BCUT2D eigenvalue weighted by molar-refractivity contribution is 8.01. The summed E-state index contributed by atoms with van der Waals surface area (Å²) in [6.45, 7) is 1.54. The van der Waals surface area contributed by atoms with Gasteiger partial charge in [0.2, 0.25) is 17.0 Å². The van der Waals surface area contributed by atoms with Gasteiger partial charge in [0.1, 0.15) is 10.2 Å². The molecule has 0 aromatic carbocycles. The maximum absolute atomic E-state index is 11.7. The van der Waals surface area contributed by atoms with Crippen LogP contribution in [0.2, 0.25) is 5.15 Å². The highest BCUT2D eigenvalue weighted by Gasteiger charge is 2.34. The van der Waals surface area contributed by atoms with Gasteiger partial charge < -0.3 is 5.73 Å². The molecule has 2 N–H and O–H groups in total. The first kappa shape index (κ1) is 14.5. The summed E-state index contributed by atoms with van der Waals surface area (Å²) in [5, 5.41) is 9.64. The molecule has 10 heteroatoms. The van der Waals surface area contributed by atoms with Crippen LogP contribution in [0.4, 0.5) is 11.1 Å². The van der Waals surface area contributed by atoms with Gasteiger partial charge in [0, 0.05) is 19.0 Å². The van der Waals surface area contributed by atoms with Crippen molar-refractivity contribution in [3.8, 4) is 0 Å². The van der Waals surface area contributed by atoms with Gasteiger partial charge in [0.15, 0.2) is 4.34 Å². The van der Waals surface area contributed by atoms with Crippen molar-refractivity contribution in [3.63, 3.8) is 0 Å². The Balaban J connectivity index is 1.79. The molecule has 1 aliphatic rings.